The van der Waals surface area contributed by atoms with Crippen molar-refractivity contribution in [2.75, 3.05) is 20.1 Å². The summed E-state index contributed by atoms with van der Waals surface area (Å²) in [6, 6.07) is 7.04. The van der Waals surface area contributed by atoms with E-state index >= 15 is 0 Å². The molecule has 0 radical (unpaired) electrons. The van der Waals surface area contributed by atoms with Gasteiger partial charge in [-0.1, -0.05) is 25.1 Å². The molecule has 88 valence electrons. The highest BCUT2D eigenvalue weighted by molar-refractivity contribution is 5.78. The molecular weight excluding hydrogens is 204 g/mol. The number of carbonyl (C=O) groups is 1. The molecule has 0 bridgehead atoms. The molecule has 2 N–H and O–H groups in total. The van der Waals surface area contributed by atoms with Crippen LogP contribution in [-0.4, -0.2) is 36.1 Å². The maximum absolute atomic E-state index is 11.6. The molecule has 0 saturated heterocycles. The molecule has 0 atom stereocenters. The first-order chi connectivity index (χ1) is 7.65. The largest absolute Gasteiger partial charge is 0.508 e. The monoisotopic (exact) mass is 222 g/mol. The highest BCUT2D eigenvalue weighted by Gasteiger charge is 2.09. The van der Waals surface area contributed by atoms with Gasteiger partial charge < -0.3 is 15.3 Å². The van der Waals surface area contributed by atoms with Crippen molar-refractivity contribution in [3.05, 3.63) is 29.8 Å². The number of para-hydroxylation sites is 1. The van der Waals surface area contributed by atoms with Crippen molar-refractivity contribution in [3.63, 3.8) is 0 Å². The molecule has 1 aromatic rings. The Morgan fingerprint density at radius 3 is 2.75 bits per heavy atom. The fourth-order valence-corrected chi connectivity index (χ4v) is 1.36. The minimum Gasteiger partial charge on any atom is -0.508 e. The Labute approximate surface area is 95.9 Å². The lowest BCUT2D eigenvalue weighted by Gasteiger charge is -2.17. The molecule has 0 heterocycles. The van der Waals surface area contributed by atoms with Gasteiger partial charge in [-0.3, -0.25) is 4.79 Å². The molecule has 0 fully saturated rings. The molecule has 0 aromatic heterocycles. The van der Waals surface area contributed by atoms with E-state index in [9.17, 15) is 9.90 Å². The highest BCUT2D eigenvalue weighted by atomic mass is 16.3. The van der Waals surface area contributed by atoms with Gasteiger partial charge in [0.05, 0.1) is 6.54 Å². The molecule has 0 saturated carbocycles. The maximum atomic E-state index is 11.6. The maximum Gasteiger partial charge on any atom is 0.236 e. The zero-order chi connectivity index (χ0) is 12.0. The first-order valence-corrected chi connectivity index (χ1v) is 5.36. The minimum absolute atomic E-state index is 0.0186. The number of rotatable bonds is 5. The SMILES string of the molecule is CCNCC(=O)N(C)Cc1ccccc1O. The van der Waals surface area contributed by atoms with Crippen LogP contribution in [0.4, 0.5) is 0 Å². The third-order valence-electron chi connectivity index (χ3n) is 2.35. The molecule has 0 aliphatic rings. The number of likely N-dealkylation sites (N-methyl/N-ethyl adjacent to an activating group) is 2. The topological polar surface area (TPSA) is 52.6 Å². The summed E-state index contributed by atoms with van der Waals surface area (Å²) in [5, 5.41) is 12.5. The van der Waals surface area contributed by atoms with Gasteiger partial charge in [0.25, 0.3) is 0 Å². The number of nitrogens with zero attached hydrogens (tertiary/aromatic N) is 1. The number of carbonyl (C=O) groups excluding carboxylic acids is 1. The van der Waals surface area contributed by atoms with Crippen molar-refractivity contribution in [2.45, 2.75) is 13.5 Å². The van der Waals surface area contributed by atoms with Crippen molar-refractivity contribution in [3.8, 4) is 5.75 Å². The Morgan fingerprint density at radius 1 is 1.44 bits per heavy atom. The van der Waals surface area contributed by atoms with Crippen LogP contribution in [0.15, 0.2) is 24.3 Å². The van der Waals surface area contributed by atoms with Gasteiger partial charge in [0.1, 0.15) is 5.75 Å². The van der Waals surface area contributed by atoms with Gasteiger partial charge in [-0.2, -0.15) is 0 Å². The molecule has 1 amide bonds. The highest BCUT2D eigenvalue weighted by Crippen LogP contribution is 2.16. The van der Waals surface area contributed by atoms with Crippen LogP contribution in [0.5, 0.6) is 5.75 Å². The number of phenols is 1. The second-order valence-electron chi connectivity index (χ2n) is 3.66. The van der Waals surface area contributed by atoms with Crippen LogP contribution in [0.25, 0.3) is 0 Å². The van der Waals surface area contributed by atoms with Gasteiger partial charge >= 0.3 is 0 Å². The zero-order valence-electron chi connectivity index (χ0n) is 9.73. The van der Waals surface area contributed by atoms with E-state index in [2.05, 4.69) is 5.32 Å². The van der Waals surface area contributed by atoms with Crippen LogP contribution in [-0.2, 0) is 11.3 Å². The number of phenolic OH excluding ortho intramolecular Hbond substituents is 1. The van der Waals surface area contributed by atoms with Crippen LogP contribution in [0.3, 0.4) is 0 Å². The third-order valence-corrected chi connectivity index (χ3v) is 2.35. The van der Waals surface area contributed by atoms with Gasteiger partial charge in [0.15, 0.2) is 0 Å². The van der Waals surface area contributed by atoms with Crippen molar-refractivity contribution in [2.24, 2.45) is 0 Å². The molecule has 16 heavy (non-hydrogen) atoms. The van der Waals surface area contributed by atoms with E-state index in [4.69, 9.17) is 0 Å². The van der Waals surface area contributed by atoms with E-state index in [1.807, 2.05) is 19.1 Å². The number of nitrogens with one attached hydrogen (secondary N) is 1. The summed E-state index contributed by atoms with van der Waals surface area (Å²) in [6.07, 6.45) is 0. The Morgan fingerprint density at radius 2 is 2.12 bits per heavy atom. The van der Waals surface area contributed by atoms with E-state index in [1.54, 1.807) is 24.1 Å². The van der Waals surface area contributed by atoms with Gasteiger partial charge in [-0.15, -0.1) is 0 Å². The predicted octanol–water partition coefficient (Wildman–Crippen LogP) is 0.960. The van der Waals surface area contributed by atoms with Crippen molar-refractivity contribution >= 4 is 5.91 Å². The first-order valence-electron chi connectivity index (χ1n) is 5.36. The Bertz CT molecular complexity index is 353. The van der Waals surface area contributed by atoms with Gasteiger partial charge in [0.2, 0.25) is 5.91 Å². The molecule has 4 nitrogen and oxygen atoms in total. The van der Waals surface area contributed by atoms with Crippen LogP contribution in [0.1, 0.15) is 12.5 Å². The van der Waals surface area contributed by atoms with E-state index in [0.717, 1.165) is 12.1 Å². The molecule has 0 aliphatic carbocycles. The van der Waals surface area contributed by atoms with Crippen LogP contribution in [0, 0.1) is 0 Å². The van der Waals surface area contributed by atoms with Gasteiger partial charge in [-0.05, 0) is 12.6 Å². The summed E-state index contributed by atoms with van der Waals surface area (Å²) in [4.78, 5) is 13.2. The third kappa shape index (κ3) is 3.55. The number of hydrogen-bond donors (Lipinski definition) is 2. The Balaban J connectivity index is 2.54. The lowest BCUT2D eigenvalue weighted by Crippen LogP contribution is -2.35. The van der Waals surface area contributed by atoms with E-state index in [1.165, 1.54) is 0 Å². The molecule has 0 aliphatic heterocycles. The van der Waals surface area contributed by atoms with Crippen LogP contribution >= 0.6 is 0 Å². The van der Waals surface area contributed by atoms with Crippen LogP contribution in [0.2, 0.25) is 0 Å². The Kier molecular flexibility index (Phi) is 4.79. The summed E-state index contributed by atoms with van der Waals surface area (Å²) in [7, 11) is 1.73. The number of aromatic hydroxyl groups is 1. The smallest absolute Gasteiger partial charge is 0.236 e. The summed E-state index contributed by atoms with van der Waals surface area (Å²) >= 11 is 0. The predicted molar refractivity (Wildman–Crippen MR) is 63.1 cm³/mol. The standard InChI is InChI=1S/C12H18N2O2/c1-3-13-8-12(16)14(2)9-10-6-4-5-7-11(10)15/h4-7,13,15H,3,8-9H2,1-2H3. The normalized spacial score (nSPS) is 10.1. The second kappa shape index (κ2) is 6.12. The van der Waals surface area contributed by atoms with E-state index in [-0.39, 0.29) is 11.7 Å². The molecule has 0 unspecified atom stereocenters. The van der Waals surface area contributed by atoms with Crippen LogP contribution < -0.4 is 5.32 Å². The summed E-state index contributed by atoms with van der Waals surface area (Å²) in [5.41, 5.74) is 0.759. The van der Waals surface area contributed by atoms with Crippen molar-refractivity contribution < 1.29 is 9.90 Å². The van der Waals surface area contributed by atoms with E-state index < -0.39 is 0 Å². The number of hydrogen-bond acceptors (Lipinski definition) is 3. The quantitative estimate of drug-likeness (QED) is 0.780. The fourth-order valence-electron chi connectivity index (χ4n) is 1.36. The van der Waals surface area contributed by atoms with Gasteiger partial charge in [-0.25, -0.2) is 0 Å². The zero-order valence-corrected chi connectivity index (χ0v) is 9.73. The second-order valence-corrected chi connectivity index (χ2v) is 3.66. The molecule has 4 heteroatoms. The lowest BCUT2D eigenvalue weighted by molar-refractivity contribution is -0.129. The summed E-state index contributed by atoms with van der Waals surface area (Å²) in [5.74, 6) is 0.246. The summed E-state index contributed by atoms with van der Waals surface area (Å²) in [6.45, 7) is 3.49. The molecular formula is C12H18N2O2. The average molecular weight is 222 g/mol. The van der Waals surface area contributed by atoms with E-state index in [0.29, 0.717) is 13.1 Å². The molecule has 1 rings (SSSR count). The first kappa shape index (κ1) is 12.5. The lowest BCUT2D eigenvalue weighted by atomic mass is 10.2. The molecule has 0 spiro atoms. The number of benzene rings is 1. The van der Waals surface area contributed by atoms with Crippen molar-refractivity contribution in [1.82, 2.24) is 10.2 Å². The average Bonchev–Trinajstić information content (AvgIpc) is 2.28. The fraction of sp³-hybridized carbons (Fsp3) is 0.417. The van der Waals surface area contributed by atoms with Crippen molar-refractivity contribution in [1.29, 1.82) is 0 Å². The molecule has 1 aromatic carbocycles. The minimum atomic E-state index is 0.0186. The Hall–Kier alpha value is -1.55. The van der Waals surface area contributed by atoms with Gasteiger partial charge in [0, 0.05) is 19.2 Å². The number of amides is 1. The summed E-state index contributed by atoms with van der Waals surface area (Å²) < 4.78 is 0.